The van der Waals surface area contributed by atoms with E-state index < -0.39 is 6.10 Å². The molecule has 0 aromatic carbocycles. The van der Waals surface area contributed by atoms with Crippen LogP contribution in [0.3, 0.4) is 0 Å². The van der Waals surface area contributed by atoms with Crippen LogP contribution in [0.25, 0.3) is 16.2 Å². The number of aryl methyl sites for hydroxylation is 1. The van der Waals surface area contributed by atoms with Crippen molar-refractivity contribution in [1.82, 2.24) is 34.8 Å². The van der Waals surface area contributed by atoms with Crippen molar-refractivity contribution in [2.75, 3.05) is 0 Å². The van der Waals surface area contributed by atoms with Crippen LogP contribution in [0.5, 0.6) is 0 Å². The highest BCUT2D eigenvalue weighted by molar-refractivity contribution is 7.15. The molecule has 3 atom stereocenters. The van der Waals surface area contributed by atoms with Gasteiger partial charge in [0.15, 0.2) is 5.69 Å². The molecule has 1 aliphatic carbocycles. The van der Waals surface area contributed by atoms with Gasteiger partial charge in [0.25, 0.3) is 0 Å². The Bertz CT molecular complexity index is 1290. The van der Waals surface area contributed by atoms with E-state index in [1.807, 2.05) is 41.5 Å². The van der Waals surface area contributed by atoms with E-state index >= 15 is 0 Å². The first-order valence-electron chi connectivity index (χ1n) is 11.0. The van der Waals surface area contributed by atoms with Gasteiger partial charge in [-0.25, -0.2) is 9.97 Å². The van der Waals surface area contributed by atoms with Gasteiger partial charge in [-0.3, -0.25) is 4.68 Å². The molecule has 4 aromatic rings. The number of hydrogen-bond acceptors (Lipinski definition) is 8. The largest absolute Gasteiger partial charge is 0.391 e. The minimum atomic E-state index is -0.408. The van der Waals surface area contributed by atoms with Gasteiger partial charge in [0.2, 0.25) is 0 Å². The Morgan fingerprint density at radius 2 is 2.15 bits per heavy atom. The average Bonchev–Trinajstić information content (AvgIpc) is 3.56. The van der Waals surface area contributed by atoms with Gasteiger partial charge in [0.05, 0.1) is 11.7 Å². The summed E-state index contributed by atoms with van der Waals surface area (Å²) < 4.78 is 3.65. The van der Waals surface area contributed by atoms with Crippen molar-refractivity contribution in [1.29, 1.82) is 5.26 Å². The van der Waals surface area contributed by atoms with E-state index in [4.69, 9.17) is 0 Å². The number of aliphatic hydroxyl groups excluding tert-OH is 1. The minimum absolute atomic E-state index is 0.0531. The molecule has 0 spiro atoms. The molecule has 33 heavy (non-hydrogen) atoms. The topological polar surface area (TPSA) is 116 Å². The van der Waals surface area contributed by atoms with Gasteiger partial charge in [-0.1, -0.05) is 6.07 Å². The summed E-state index contributed by atoms with van der Waals surface area (Å²) in [5.41, 5.74) is 3.27. The fourth-order valence-corrected chi connectivity index (χ4v) is 5.32. The second kappa shape index (κ2) is 9.41. The van der Waals surface area contributed by atoms with Gasteiger partial charge in [-0.15, -0.1) is 11.3 Å². The molecule has 0 radical (unpaired) electrons. The fourth-order valence-electron chi connectivity index (χ4n) is 4.44. The van der Waals surface area contributed by atoms with Gasteiger partial charge in [0.1, 0.15) is 16.7 Å². The molecule has 170 valence electrons. The molecule has 4 aromatic heterocycles. The highest BCUT2D eigenvalue weighted by atomic mass is 32.1. The maximum absolute atomic E-state index is 10.7. The highest BCUT2D eigenvalue weighted by Gasteiger charge is 2.28. The number of pyridine rings is 1. The average molecular weight is 463 g/mol. The lowest BCUT2D eigenvalue weighted by molar-refractivity contribution is 0.0743. The third-order valence-corrected chi connectivity index (χ3v) is 7.19. The monoisotopic (exact) mass is 462 g/mol. The van der Waals surface area contributed by atoms with Crippen LogP contribution in [0.1, 0.15) is 35.4 Å². The minimum Gasteiger partial charge on any atom is -0.391 e. The molecule has 0 saturated heterocycles. The van der Waals surface area contributed by atoms with Crippen LogP contribution in [0.4, 0.5) is 0 Å². The SMILES string of the molecule is Cn1cc(-c2ncc(CN[C@H]3CC[C@H](NCc4cccn5ccnc45)C[C@H]3O)s2)c(C#N)n1. The lowest BCUT2D eigenvalue weighted by atomic mass is 9.88. The van der Waals surface area contributed by atoms with Crippen LogP contribution < -0.4 is 10.6 Å². The summed E-state index contributed by atoms with van der Waals surface area (Å²) in [6.45, 7) is 1.38. The molecule has 1 aliphatic rings. The van der Waals surface area contributed by atoms with E-state index in [9.17, 15) is 10.4 Å². The van der Waals surface area contributed by atoms with Crippen molar-refractivity contribution >= 4 is 17.0 Å². The van der Waals surface area contributed by atoms with Crippen LogP contribution in [-0.2, 0) is 20.1 Å². The molecule has 0 amide bonds. The number of imidazole rings is 1. The summed E-state index contributed by atoms with van der Waals surface area (Å²) >= 11 is 1.55. The highest BCUT2D eigenvalue weighted by Crippen LogP contribution is 2.28. The first-order chi connectivity index (χ1) is 16.1. The zero-order valence-electron chi connectivity index (χ0n) is 18.3. The number of thiazole rings is 1. The summed E-state index contributed by atoms with van der Waals surface area (Å²) in [6, 6.07) is 6.57. The Morgan fingerprint density at radius 1 is 1.24 bits per heavy atom. The first-order valence-corrected chi connectivity index (χ1v) is 11.9. The lowest BCUT2D eigenvalue weighted by Crippen LogP contribution is -2.48. The van der Waals surface area contributed by atoms with Crippen molar-refractivity contribution in [2.45, 2.75) is 50.5 Å². The van der Waals surface area contributed by atoms with Crippen LogP contribution in [-0.4, -0.2) is 47.4 Å². The van der Waals surface area contributed by atoms with E-state index in [-0.39, 0.29) is 12.1 Å². The van der Waals surface area contributed by atoms with Crippen molar-refractivity contribution in [2.24, 2.45) is 7.05 Å². The van der Waals surface area contributed by atoms with Gasteiger partial charge in [-0.2, -0.15) is 10.4 Å². The summed E-state index contributed by atoms with van der Waals surface area (Å²) in [4.78, 5) is 9.97. The van der Waals surface area contributed by atoms with Gasteiger partial charge in [-0.05, 0) is 25.3 Å². The zero-order chi connectivity index (χ0) is 22.8. The molecular formula is C23H26N8OS. The second-order valence-corrected chi connectivity index (χ2v) is 9.56. The third kappa shape index (κ3) is 4.67. The predicted octanol–water partition coefficient (Wildman–Crippen LogP) is 2.22. The molecule has 0 aliphatic heterocycles. The quantitative estimate of drug-likeness (QED) is 0.386. The number of nitrogens with zero attached hydrogens (tertiary/aromatic N) is 6. The van der Waals surface area contributed by atoms with Gasteiger partial charge in [0, 0.05) is 73.6 Å². The Morgan fingerprint density at radius 3 is 3.00 bits per heavy atom. The summed E-state index contributed by atoms with van der Waals surface area (Å²) in [6.07, 6.45) is 11.6. The molecule has 0 bridgehead atoms. The van der Waals surface area contributed by atoms with Crippen LogP contribution in [0.2, 0.25) is 0 Å². The molecule has 10 heteroatoms. The Labute approximate surface area is 195 Å². The van der Waals surface area contributed by atoms with Gasteiger partial charge < -0.3 is 20.1 Å². The van der Waals surface area contributed by atoms with E-state index in [0.29, 0.717) is 18.7 Å². The molecular weight excluding hydrogens is 436 g/mol. The predicted molar refractivity (Wildman–Crippen MR) is 125 cm³/mol. The number of aromatic nitrogens is 5. The number of nitrogens with one attached hydrogen (secondary N) is 2. The van der Waals surface area contributed by atoms with Crippen molar-refractivity contribution in [3.8, 4) is 16.6 Å². The third-order valence-electron chi connectivity index (χ3n) is 6.15. The number of aliphatic hydroxyl groups is 1. The summed E-state index contributed by atoms with van der Waals surface area (Å²) in [5, 5.41) is 32.0. The number of hydrogen-bond donors (Lipinski definition) is 3. The molecule has 1 fully saturated rings. The van der Waals surface area contributed by atoms with E-state index in [1.54, 1.807) is 23.1 Å². The number of rotatable bonds is 7. The van der Waals surface area contributed by atoms with E-state index in [1.165, 1.54) is 0 Å². The molecule has 3 N–H and O–H groups in total. The van der Waals surface area contributed by atoms with Crippen molar-refractivity contribution in [3.63, 3.8) is 0 Å². The molecule has 5 rings (SSSR count). The molecule has 0 unspecified atom stereocenters. The molecule has 9 nitrogen and oxygen atoms in total. The number of nitriles is 1. The maximum Gasteiger partial charge on any atom is 0.172 e. The maximum atomic E-state index is 10.7. The standard InChI is InChI=1S/C23H26N8OS/c1-30-14-18(20(10-24)29-30)23-28-13-17(33-23)12-27-19-5-4-16(9-21(19)32)26-11-15-3-2-7-31-8-6-25-22(15)31/h2-3,6-8,13-14,16,19,21,26-27,32H,4-5,9,11-12H2,1H3/t16-,19-,21+/m0/s1. The fraction of sp³-hybridized carbons (Fsp3) is 0.391. The smallest absolute Gasteiger partial charge is 0.172 e. The normalized spacial score (nSPS) is 20.8. The van der Waals surface area contributed by atoms with Crippen molar-refractivity contribution in [3.05, 3.63) is 59.3 Å². The molecule has 1 saturated carbocycles. The van der Waals surface area contributed by atoms with Crippen LogP contribution in [0.15, 0.2) is 43.1 Å². The summed E-state index contributed by atoms with van der Waals surface area (Å²) in [7, 11) is 1.80. The van der Waals surface area contributed by atoms with Crippen molar-refractivity contribution < 1.29 is 5.11 Å². The van der Waals surface area contributed by atoms with E-state index in [0.717, 1.165) is 46.0 Å². The lowest BCUT2D eigenvalue weighted by Gasteiger charge is -2.34. The first kappa shape index (κ1) is 21.7. The van der Waals surface area contributed by atoms with E-state index in [2.05, 4.69) is 37.8 Å². The Balaban J connectivity index is 1.13. The Hall–Kier alpha value is -3.10. The Kier molecular flexibility index (Phi) is 6.20. The van der Waals surface area contributed by atoms with Crippen LogP contribution in [0, 0.1) is 11.3 Å². The van der Waals surface area contributed by atoms with Gasteiger partial charge >= 0.3 is 0 Å². The molecule has 4 heterocycles. The summed E-state index contributed by atoms with van der Waals surface area (Å²) in [5.74, 6) is 0. The second-order valence-electron chi connectivity index (χ2n) is 8.45. The number of fused-ring (bicyclic) bond motifs is 1. The van der Waals surface area contributed by atoms with Crippen LogP contribution >= 0.6 is 11.3 Å². The zero-order valence-corrected chi connectivity index (χ0v) is 19.2.